The number of fused-ring (bicyclic) bond motifs is 1. The summed E-state index contributed by atoms with van der Waals surface area (Å²) in [5, 5.41) is 0. The number of hydrogen-bond donors (Lipinski definition) is 0. The number of ether oxygens (including phenoxy) is 1. The molecule has 0 atom stereocenters. The summed E-state index contributed by atoms with van der Waals surface area (Å²) in [6.45, 7) is 7.51. The van der Waals surface area contributed by atoms with Crippen LogP contribution in [0.25, 0.3) is 0 Å². The van der Waals surface area contributed by atoms with Gasteiger partial charge in [0.1, 0.15) is 5.75 Å². The van der Waals surface area contributed by atoms with Crippen molar-refractivity contribution in [1.29, 1.82) is 0 Å². The first-order valence-electron chi connectivity index (χ1n) is 5.44. The molecule has 1 heteroatoms. The normalized spacial score (nSPS) is 14.1. The third-order valence-corrected chi connectivity index (χ3v) is 2.88. The van der Waals surface area contributed by atoms with Crippen LogP contribution < -0.4 is 4.74 Å². The van der Waals surface area contributed by atoms with Crippen LogP contribution >= 0.6 is 0 Å². The summed E-state index contributed by atoms with van der Waals surface area (Å²) in [4.78, 5) is 0. The SMILES string of the molecule is C.Cc1cc(C(C)C)cc2c1OCCC2. The monoisotopic (exact) mass is 206 g/mol. The van der Waals surface area contributed by atoms with Crippen LogP contribution in [0.3, 0.4) is 0 Å². The van der Waals surface area contributed by atoms with Crippen LogP contribution in [0.4, 0.5) is 0 Å². The van der Waals surface area contributed by atoms with E-state index in [0.717, 1.165) is 18.8 Å². The molecule has 0 bridgehead atoms. The Balaban J connectivity index is 0.00000112. The van der Waals surface area contributed by atoms with Crippen molar-refractivity contribution < 1.29 is 4.74 Å². The Bertz CT molecular complexity index is 339. The molecule has 1 aromatic carbocycles. The molecule has 0 saturated heterocycles. The minimum Gasteiger partial charge on any atom is -0.493 e. The molecule has 1 aliphatic heterocycles. The van der Waals surface area contributed by atoms with Crippen molar-refractivity contribution in [1.82, 2.24) is 0 Å². The first-order valence-corrected chi connectivity index (χ1v) is 5.44. The van der Waals surface area contributed by atoms with Crippen molar-refractivity contribution in [2.75, 3.05) is 6.61 Å². The predicted octanol–water partition coefficient (Wildman–Crippen LogP) is 4.08. The van der Waals surface area contributed by atoms with Crippen LogP contribution in [0.5, 0.6) is 5.75 Å². The molecule has 84 valence electrons. The highest BCUT2D eigenvalue weighted by Gasteiger charge is 2.14. The molecule has 0 saturated carbocycles. The van der Waals surface area contributed by atoms with Gasteiger partial charge in [0.15, 0.2) is 0 Å². The van der Waals surface area contributed by atoms with Gasteiger partial charge in [0.25, 0.3) is 0 Å². The van der Waals surface area contributed by atoms with Gasteiger partial charge in [-0.1, -0.05) is 33.4 Å². The fourth-order valence-electron chi connectivity index (χ4n) is 2.04. The zero-order valence-electron chi connectivity index (χ0n) is 9.26. The van der Waals surface area contributed by atoms with Crippen LogP contribution in [0, 0.1) is 6.92 Å². The van der Waals surface area contributed by atoms with Crippen molar-refractivity contribution in [3.63, 3.8) is 0 Å². The number of hydrogen-bond acceptors (Lipinski definition) is 1. The highest BCUT2D eigenvalue weighted by Crippen LogP contribution is 2.31. The summed E-state index contributed by atoms with van der Waals surface area (Å²) in [5.41, 5.74) is 4.14. The number of benzene rings is 1. The van der Waals surface area contributed by atoms with Gasteiger partial charge in [0, 0.05) is 0 Å². The Labute approximate surface area is 93.5 Å². The third kappa shape index (κ3) is 2.34. The molecular formula is C14H22O. The van der Waals surface area contributed by atoms with Gasteiger partial charge in [-0.05, 0) is 42.4 Å². The van der Waals surface area contributed by atoms with E-state index in [1.54, 1.807) is 0 Å². The molecule has 1 aliphatic rings. The van der Waals surface area contributed by atoms with Gasteiger partial charge in [-0.15, -0.1) is 0 Å². The molecule has 1 heterocycles. The zero-order chi connectivity index (χ0) is 10.1. The van der Waals surface area contributed by atoms with Crippen LogP contribution in [0.1, 0.15) is 50.3 Å². The molecule has 0 aliphatic carbocycles. The Hall–Kier alpha value is -0.980. The third-order valence-electron chi connectivity index (χ3n) is 2.88. The van der Waals surface area contributed by atoms with Gasteiger partial charge < -0.3 is 4.74 Å². The first kappa shape index (κ1) is 12.1. The minimum atomic E-state index is 0. The van der Waals surface area contributed by atoms with E-state index < -0.39 is 0 Å². The van der Waals surface area contributed by atoms with E-state index in [1.807, 2.05) is 0 Å². The topological polar surface area (TPSA) is 9.23 Å². The summed E-state index contributed by atoms with van der Waals surface area (Å²) < 4.78 is 5.69. The van der Waals surface area contributed by atoms with Crippen molar-refractivity contribution in [3.8, 4) is 5.75 Å². The summed E-state index contributed by atoms with van der Waals surface area (Å²) in [7, 11) is 0. The maximum atomic E-state index is 5.69. The summed E-state index contributed by atoms with van der Waals surface area (Å²) in [6.07, 6.45) is 2.34. The summed E-state index contributed by atoms with van der Waals surface area (Å²) in [5.74, 6) is 1.75. The lowest BCUT2D eigenvalue weighted by Gasteiger charge is -2.21. The van der Waals surface area contributed by atoms with E-state index in [2.05, 4.69) is 32.9 Å². The predicted molar refractivity (Wildman–Crippen MR) is 65.8 cm³/mol. The van der Waals surface area contributed by atoms with Gasteiger partial charge in [0.05, 0.1) is 6.61 Å². The van der Waals surface area contributed by atoms with Gasteiger partial charge in [-0.2, -0.15) is 0 Å². The van der Waals surface area contributed by atoms with Crippen LogP contribution in [-0.2, 0) is 6.42 Å². The smallest absolute Gasteiger partial charge is 0.125 e. The molecule has 0 unspecified atom stereocenters. The molecule has 0 aromatic heterocycles. The Kier molecular flexibility index (Phi) is 3.78. The van der Waals surface area contributed by atoms with Crippen molar-refractivity contribution >= 4 is 0 Å². The Morgan fingerprint density at radius 3 is 2.67 bits per heavy atom. The van der Waals surface area contributed by atoms with Gasteiger partial charge in [-0.25, -0.2) is 0 Å². The minimum absolute atomic E-state index is 0. The largest absolute Gasteiger partial charge is 0.493 e. The van der Waals surface area contributed by atoms with Gasteiger partial charge in [-0.3, -0.25) is 0 Å². The summed E-state index contributed by atoms with van der Waals surface area (Å²) >= 11 is 0. The van der Waals surface area contributed by atoms with Crippen LogP contribution in [0.15, 0.2) is 12.1 Å². The van der Waals surface area contributed by atoms with E-state index >= 15 is 0 Å². The fourth-order valence-corrected chi connectivity index (χ4v) is 2.04. The van der Waals surface area contributed by atoms with E-state index in [1.165, 1.54) is 23.1 Å². The van der Waals surface area contributed by atoms with Crippen LogP contribution in [0.2, 0.25) is 0 Å². The van der Waals surface area contributed by atoms with E-state index in [0.29, 0.717) is 5.92 Å². The molecule has 2 rings (SSSR count). The second-order valence-corrected chi connectivity index (χ2v) is 4.43. The van der Waals surface area contributed by atoms with Crippen molar-refractivity contribution in [3.05, 3.63) is 28.8 Å². The highest BCUT2D eigenvalue weighted by atomic mass is 16.5. The van der Waals surface area contributed by atoms with Crippen molar-refractivity contribution in [2.24, 2.45) is 0 Å². The number of rotatable bonds is 1. The molecule has 1 nitrogen and oxygen atoms in total. The molecular weight excluding hydrogens is 184 g/mol. The standard InChI is InChI=1S/C13H18O.CH4/c1-9(2)12-7-10(3)13-11(8-12)5-4-6-14-13;/h7-9H,4-6H2,1-3H3;1H4. The van der Waals surface area contributed by atoms with E-state index in [-0.39, 0.29) is 7.43 Å². The lowest BCUT2D eigenvalue weighted by atomic mass is 9.94. The van der Waals surface area contributed by atoms with Crippen LogP contribution in [-0.4, -0.2) is 6.61 Å². The van der Waals surface area contributed by atoms with Crippen molar-refractivity contribution in [2.45, 2.75) is 47.0 Å². The maximum absolute atomic E-state index is 5.69. The second-order valence-electron chi connectivity index (χ2n) is 4.43. The Morgan fingerprint density at radius 2 is 2.00 bits per heavy atom. The molecule has 0 radical (unpaired) electrons. The highest BCUT2D eigenvalue weighted by molar-refractivity contribution is 5.45. The maximum Gasteiger partial charge on any atom is 0.125 e. The molecule has 0 amide bonds. The van der Waals surface area contributed by atoms with Gasteiger partial charge >= 0.3 is 0 Å². The Morgan fingerprint density at radius 1 is 1.27 bits per heavy atom. The molecule has 0 spiro atoms. The fraction of sp³-hybridized carbons (Fsp3) is 0.571. The molecule has 1 aromatic rings. The molecule has 15 heavy (non-hydrogen) atoms. The second kappa shape index (κ2) is 4.69. The number of aryl methyl sites for hydroxylation is 2. The lowest BCUT2D eigenvalue weighted by molar-refractivity contribution is 0.286. The lowest BCUT2D eigenvalue weighted by Crippen LogP contribution is -2.10. The van der Waals surface area contributed by atoms with E-state index in [9.17, 15) is 0 Å². The average molecular weight is 206 g/mol. The quantitative estimate of drug-likeness (QED) is 0.672. The zero-order valence-corrected chi connectivity index (χ0v) is 9.26. The molecule has 0 fully saturated rings. The summed E-state index contributed by atoms with van der Waals surface area (Å²) in [6, 6.07) is 4.57. The van der Waals surface area contributed by atoms with Gasteiger partial charge in [0.2, 0.25) is 0 Å². The van der Waals surface area contributed by atoms with E-state index in [4.69, 9.17) is 4.74 Å². The average Bonchev–Trinajstić information content (AvgIpc) is 2.17. The first-order chi connectivity index (χ1) is 6.68. The molecule has 0 N–H and O–H groups in total.